The van der Waals surface area contributed by atoms with Gasteiger partial charge in [0.1, 0.15) is 0 Å². The molecule has 0 radical (unpaired) electrons. The van der Waals surface area contributed by atoms with Gasteiger partial charge in [0, 0.05) is 11.1 Å². The van der Waals surface area contributed by atoms with Crippen molar-refractivity contribution in [3.8, 4) is 56.3 Å². The second-order valence-corrected chi connectivity index (χ2v) is 10.3. The Bertz CT molecular complexity index is 2030. The highest BCUT2D eigenvalue weighted by molar-refractivity contribution is 6.28. The fourth-order valence-corrected chi connectivity index (χ4v) is 6.38. The van der Waals surface area contributed by atoms with Gasteiger partial charge in [-0.3, -0.25) is 0 Å². The van der Waals surface area contributed by atoms with Crippen molar-refractivity contribution in [1.29, 1.82) is 0 Å². The molecule has 0 aliphatic heterocycles. The highest BCUT2D eigenvalue weighted by atomic mass is 14.3. The zero-order valence-electron chi connectivity index (χ0n) is 21.9. The number of rotatable bonds is 2. The Morgan fingerprint density at radius 3 is 1.43 bits per heavy atom. The van der Waals surface area contributed by atoms with E-state index in [1.54, 1.807) is 0 Å². The zero-order chi connectivity index (χ0) is 26.5. The van der Waals surface area contributed by atoms with Crippen LogP contribution in [-0.2, 0) is 0 Å². The molecule has 0 nitrogen and oxygen atoms in total. The van der Waals surface area contributed by atoms with Crippen LogP contribution in [-0.4, -0.2) is 0 Å². The Morgan fingerprint density at radius 2 is 0.825 bits per heavy atom. The minimum absolute atomic E-state index is 1.03. The topological polar surface area (TPSA) is 0 Å². The lowest BCUT2D eigenvalue weighted by molar-refractivity contribution is 1.62. The zero-order valence-corrected chi connectivity index (χ0v) is 21.9. The molecule has 0 saturated carbocycles. The van der Waals surface area contributed by atoms with Crippen LogP contribution in [0.4, 0.5) is 0 Å². The van der Waals surface area contributed by atoms with Crippen molar-refractivity contribution < 1.29 is 0 Å². The summed E-state index contributed by atoms with van der Waals surface area (Å²) in [5, 5.41) is 5.05. The summed E-state index contributed by atoms with van der Waals surface area (Å²) in [7, 11) is 0. The van der Waals surface area contributed by atoms with E-state index < -0.39 is 0 Å². The molecule has 0 atom stereocenters. The van der Waals surface area contributed by atoms with Crippen LogP contribution in [0.2, 0.25) is 0 Å². The summed E-state index contributed by atoms with van der Waals surface area (Å²) in [6.07, 6.45) is 0. The number of benzene rings is 7. The van der Waals surface area contributed by atoms with E-state index in [0.717, 1.165) is 11.1 Å². The average Bonchev–Trinajstić information content (AvgIpc) is 3.36. The van der Waals surface area contributed by atoms with Gasteiger partial charge in [0.2, 0.25) is 0 Å². The Morgan fingerprint density at radius 1 is 0.325 bits per heavy atom. The minimum Gasteiger partial charge on any atom is -0.0622 e. The molecule has 0 bridgehead atoms. The van der Waals surface area contributed by atoms with E-state index in [2.05, 4.69) is 139 Å². The molecule has 0 amide bonds. The van der Waals surface area contributed by atoms with Crippen molar-refractivity contribution >= 4 is 21.5 Å². The molecule has 0 spiro atoms. The lowest BCUT2D eigenvalue weighted by Gasteiger charge is -2.20. The highest BCUT2D eigenvalue weighted by Gasteiger charge is 2.30. The number of hydrogen-bond acceptors (Lipinski definition) is 0. The molecular formula is C40H24. The highest BCUT2D eigenvalue weighted by Crippen LogP contribution is 2.57. The van der Waals surface area contributed by atoms with E-state index in [1.807, 2.05) is 18.2 Å². The maximum absolute atomic E-state index is 3.49. The molecule has 0 heteroatoms. The SMILES string of the molecule is C(#Cc1ccc2c3c(cccc13)-c1c-2c(-c2ccccc2)c2ccccc2c1-c1ccccc1)c1ccccc1. The maximum Gasteiger partial charge on any atom is 0.0328 e. The van der Waals surface area contributed by atoms with Gasteiger partial charge in [0.15, 0.2) is 0 Å². The van der Waals surface area contributed by atoms with E-state index in [4.69, 9.17) is 0 Å². The van der Waals surface area contributed by atoms with Crippen LogP contribution in [0.3, 0.4) is 0 Å². The van der Waals surface area contributed by atoms with Crippen molar-refractivity contribution in [3.63, 3.8) is 0 Å². The molecule has 1 aliphatic rings. The Balaban J connectivity index is 1.52. The predicted molar refractivity (Wildman–Crippen MR) is 169 cm³/mol. The molecular weight excluding hydrogens is 480 g/mol. The monoisotopic (exact) mass is 504 g/mol. The van der Waals surface area contributed by atoms with Crippen molar-refractivity contribution in [3.05, 3.63) is 157 Å². The van der Waals surface area contributed by atoms with Crippen LogP contribution in [0, 0.1) is 11.8 Å². The van der Waals surface area contributed by atoms with Gasteiger partial charge in [-0.15, -0.1) is 0 Å². The van der Waals surface area contributed by atoms with Crippen LogP contribution >= 0.6 is 0 Å². The molecule has 40 heavy (non-hydrogen) atoms. The predicted octanol–water partition coefficient (Wildman–Crippen LogP) is 10.4. The Labute approximate surface area is 234 Å². The van der Waals surface area contributed by atoms with Crippen LogP contribution < -0.4 is 0 Å². The van der Waals surface area contributed by atoms with Gasteiger partial charge >= 0.3 is 0 Å². The molecule has 1 aliphatic carbocycles. The van der Waals surface area contributed by atoms with Crippen molar-refractivity contribution in [2.24, 2.45) is 0 Å². The fraction of sp³-hybridized carbons (Fsp3) is 0. The van der Waals surface area contributed by atoms with E-state index in [9.17, 15) is 0 Å². The summed E-state index contributed by atoms with van der Waals surface area (Å²) < 4.78 is 0. The summed E-state index contributed by atoms with van der Waals surface area (Å²) in [4.78, 5) is 0. The largest absolute Gasteiger partial charge is 0.0622 e. The Kier molecular flexibility index (Phi) is 5.15. The van der Waals surface area contributed by atoms with Crippen molar-refractivity contribution in [1.82, 2.24) is 0 Å². The molecule has 0 aromatic heterocycles. The van der Waals surface area contributed by atoms with Gasteiger partial charge in [0.05, 0.1) is 0 Å². The summed E-state index contributed by atoms with van der Waals surface area (Å²) >= 11 is 0. The maximum atomic E-state index is 3.49. The van der Waals surface area contributed by atoms with Crippen LogP contribution in [0.5, 0.6) is 0 Å². The number of fused-ring (bicyclic) bond motifs is 4. The Hall–Kier alpha value is -5.38. The van der Waals surface area contributed by atoms with Gasteiger partial charge in [-0.2, -0.15) is 0 Å². The summed E-state index contributed by atoms with van der Waals surface area (Å²) in [6.45, 7) is 0. The van der Waals surface area contributed by atoms with E-state index in [-0.39, 0.29) is 0 Å². The average molecular weight is 505 g/mol. The van der Waals surface area contributed by atoms with Crippen molar-refractivity contribution in [2.45, 2.75) is 0 Å². The quantitative estimate of drug-likeness (QED) is 0.205. The first kappa shape index (κ1) is 22.6. The third-order valence-electron chi connectivity index (χ3n) is 8.04. The van der Waals surface area contributed by atoms with Gasteiger partial charge in [-0.25, -0.2) is 0 Å². The first-order valence-corrected chi connectivity index (χ1v) is 13.7. The van der Waals surface area contributed by atoms with Crippen LogP contribution in [0.15, 0.2) is 146 Å². The minimum atomic E-state index is 1.03. The normalized spacial score (nSPS) is 11.3. The summed E-state index contributed by atoms with van der Waals surface area (Å²) in [5.74, 6) is 6.87. The molecule has 0 heterocycles. The molecule has 0 N–H and O–H groups in total. The van der Waals surface area contributed by atoms with Crippen LogP contribution in [0.25, 0.3) is 66.1 Å². The molecule has 184 valence electrons. The van der Waals surface area contributed by atoms with Crippen LogP contribution in [0.1, 0.15) is 11.1 Å². The molecule has 7 aromatic rings. The fourth-order valence-electron chi connectivity index (χ4n) is 6.38. The smallest absolute Gasteiger partial charge is 0.0328 e. The van der Waals surface area contributed by atoms with Gasteiger partial charge in [-0.1, -0.05) is 139 Å². The number of hydrogen-bond donors (Lipinski definition) is 0. The molecule has 0 saturated heterocycles. The van der Waals surface area contributed by atoms with Gasteiger partial charge in [-0.05, 0) is 84.3 Å². The first-order chi connectivity index (χ1) is 19.9. The van der Waals surface area contributed by atoms with E-state index >= 15 is 0 Å². The summed E-state index contributed by atoms with van der Waals surface area (Å²) in [5.41, 5.74) is 12.4. The van der Waals surface area contributed by atoms with E-state index in [1.165, 1.54) is 66.1 Å². The van der Waals surface area contributed by atoms with Crippen molar-refractivity contribution in [2.75, 3.05) is 0 Å². The second kappa shape index (κ2) is 9.12. The van der Waals surface area contributed by atoms with Gasteiger partial charge < -0.3 is 0 Å². The molecule has 0 fully saturated rings. The lowest BCUT2D eigenvalue weighted by Crippen LogP contribution is -1.93. The molecule has 8 rings (SSSR count). The first-order valence-electron chi connectivity index (χ1n) is 13.7. The lowest BCUT2D eigenvalue weighted by atomic mass is 9.82. The third-order valence-corrected chi connectivity index (χ3v) is 8.04. The molecule has 7 aromatic carbocycles. The third kappa shape index (κ3) is 3.42. The standard InChI is InChI=1S/C40H24/c1-4-13-27(14-5-1)23-24-28-25-26-35-38-31(28)21-12-22-34(38)39-36(29-15-6-2-7-16-29)32-19-10-11-20-33(32)37(40(35)39)30-17-8-3-9-18-30/h1-22,25-26H. The summed E-state index contributed by atoms with van der Waals surface area (Å²) in [6, 6.07) is 52.0. The van der Waals surface area contributed by atoms with Gasteiger partial charge in [0.25, 0.3) is 0 Å². The molecule has 0 unspecified atom stereocenters. The van der Waals surface area contributed by atoms with E-state index in [0.29, 0.717) is 0 Å². The second-order valence-electron chi connectivity index (χ2n) is 10.3.